The Balaban J connectivity index is 1.86. The second kappa shape index (κ2) is 13.3. The number of carbonyl (C=O) groups is 5. The first-order valence-electron chi connectivity index (χ1n) is 15.9. The van der Waals surface area contributed by atoms with Crippen LogP contribution in [0.5, 0.6) is 0 Å². The molecule has 6 atom stereocenters. The van der Waals surface area contributed by atoms with Crippen LogP contribution in [0.3, 0.4) is 0 Å². The highest BCUT2D eigenvalue weighted by molar-refractivity contribution is 7.92. The van der Waals surface area contributed by atoms with Gasteiger partial charge in [0.05, 0.1) is 17.0 Å². The van der Waals surface area contributed by atoms with E-state index in [-0.39, 0.29) is 35.5 Å². The normalized spacial score (nSPS) is 25.7. The fraction of sp³-hybridized carbons (Fsp3) is 0.839. The number of sulfone groups is 1. The van der Waals surface area contributed by atoms with E-state index < -0.39 is 74.2 Å². The van der Waals surface area contributed by atoms with Gasteiger partial charge in [0.15, 0.2) is 9.84 Å². The predicted molar refractivity (Wildman–Crippen MR) is 167 cm³/mol. The minimum Gasteiger partial charge on any atom is -0.363 e. The van der Waals surface area contributed by atoms with Crippen LogP contribution in [-0.4, -0.2) is 84.6 Å². The number of nitrogens with two attached hydrogens (primary N) is 1. The van der Waals surface area contributed by atoms with E-state index in [4.69, 9.17) is 5.73 Å². The zero-order chi connectivity index (χ0) is 33.4. The molecule has 0 spiro atoms. The quantitative estimate of drug-likeness (QED) is 0.249. The van der Waals surface area contributed by atoms with Gasteiger partial charge in [0.25, 0.3) is 5.91 Å². The number of urea groups is 1. The highest BCUT2D eigenvalue weighted by Gasteiger charge is 2.50. The van der Waals surface area contributed by atoms with Gasteiger partial charge in [-0.05, 0) is 54.3 Å². The fourth-order valence-electron chi connectivity index (χ4n) is 6.66. The maximum Gasteiger partial charge on any atom is 0.315 e. The third kappa shape index (κ3) is 8.51. The lowest BCUT2D eigenvalue weighted by Crippen LogP contribution is -2.62. The number of Topliss-reactive ketones (excluding diaryl/α,β-unsaturated/α-hetero) is 1. The maximum absolute atomic E-state index is 14.3. The number of ketones is 1. The molecule has 5 amide bonds. The van der Waals surface area contributed by atoms with Crippen molar-refractivity contribution in [2.24, 2.45) is 34.3 Å². The first kappa shape index (κ1) is 35.8. The zero-order valence-corrected chi connectivity index (χ0v) is 28.4. The summed E-state index contributed by atoms with van der Waals surface area (Å²) in [5.41, 5.74) is 4.15. The topological polar surface area (TPSA) is 185 Å². The molecule has 0 aromatic carbocycles. The molecular weight excluding hydrogens is 586 g/mol. The van der Waals surface area contributed by atoms with Crippen LogP contribution in [0, 0.1) is 28.6 Å². The van der Waals surface area contributed by atoms with Crippen molar-refractivity contribution in [3.8, 4) is 0 Å². The summed E-state index contributed by atoms with van der Waals surface area (Å²) < 4.78 is 25.3. The Morgan fingerprint density at radius 2 is 1.52 bits per heavy atom. The summed E-state index contributed by atoms with van der Waals surface area (Å²) >= 11 is 0. The molecule has 2 heterocycles. The van der Waals surface area contributed by atoms with E-state index in [1.807, 2.05) is 34.6 Å². The molecular formula is C31H53N5O7S. The number of hydrogen-bond donors (Lipinski definition) is 4. The molecule has 3 rings (SSSR count). The van der Waals surface area contributed by atoms with E-state index in [1.165, 1.54) is 4.90 Å². The largest absolute Gasteiger partial charge is 0.363 e. The van der Waals surface area contributed by atoms with Crippen LogP contribution in [0.2, 0.25) is 0 Å². The third-order valence-electron chi connectivity index (χ3n) is 9.39. The van der Waals surface area contributed by atoms with Gasteiger partial charge in [-0.15, -0.1) is 0 Å². The second-order valence-corrected chi connectivity index (χ2v) is 17.8. The molecule has 12 nitrogen and oxygen atoms in total. The lowest BCUT2D eigenvalue weighted by molar-refractivity contribution is -0.145. The van der Waals surface area contributed by atoms with E-state index in [0.29, 0.717) is 25.7 Å². The molecule has 250 valence electrons. The molecule has 0 radical (unpaired) electrons. The van der Waals surface area contributed by atoms with Gasteiger partial charge in [0, 0.05) is 12.6 Å². The van der Waals surface area contributed by atoms with Gasteiger partial charge in [-0.25, -0.2) is 13.2 Å². The van der Waals surface area contributed by atoms with Crippen molar-refractivity contribution in [2.75, 3.05) is 12.3 Å². The van der Waals surface area contributed by atoms with Gasteiger partial charge in [0.1, 0.15) is 12.1 Å². The van der Waals surface area contributed by atoms with Crippen molar-refractivity contribution < 1.29 is 32.4 Å². The van der Waals surface area contributed by atoms with Crippen LogP contribution in [0.25, 0.3) is 0 Å². The molecule has 3 aliphatic rings. The average molecular weight is 640 g/mol. The monoisotopic (exact) mass is 639 g/mol. The van der Waals surface area contributed by atoms with Crippen LogP contribution in [0.15, 0.2) is 0 Å². The Morgan fingerprint density at radius 3 is 1.98 bits per heavy atom. The van der Waals surface area contributed by atoms with Crippen LogP contribution in [-0.2, 0) is 29.0 Å². The van der Waals surface area contributed by atoms with Crippen LogP contribution >= 0.6 is 0 Å². The lowest BCUT2D eigenvalue weighted by Gasteiger charge is -2.39. The summed E-state index contributed by atoms with van der Waals surface area (Å²) in [5.74, 6) is -3.05. The van der Waals surface area contributed by atoms with E-state index >= 15 is 0 Å². The molecule has 5 N–H and O–H groups in total. The van der Waals surface area contributed by atoms with E-state index in [1.54, 1.807) is 20.8 Å². The van der Waals surface area contributed by atoms with Crippen molar-refractivity contribution in [1.29, 1.82) is 0 Å². The Morgan fingerprint density at radius 1 is 0.909 bits per heavy atom. The van der Waals surface area contributed by atoms with Gasteiger partial charge in [-0.2, -0.15) is 0 Å². The molecule has 0 aromatic heterocycles. The second-order valence-electron chi connectivity index (χ2n) is 15.4. The Bertz CT molecular complexity index is 1230. The van der Waals surface area contributed by atoms with Crippen molar-refractivity contribution in [3.63, 3.8) is 0 Å². The molecule has 3 fully saturated rings. The van der Waals surface area contributed by atoms with Crippen molar-refractivity contribution in [1.82, 2.24) is 20.9 Å². The number of nitrogens with zero attached hydrogens (tertiary/aromatic N) is 1. The average Bonchev–Trinajstić information content (AvgIpc) is 3.45. The molecule has 5 unspecified atom stereocenters. The summed E-state index contributed by atoms with van der Waals surface area (Å²) in [5, 5.41) is 7.71. The SMILES string of the molecule is CC(C)C(NC(=O)N[C@H](C(=O)N1CCC(C(C)(C)C)C1C(=O)NC(CC1CC1)C(=O)C(N)=O)C(C)(C)C)C1CCCS1(=O)=O. The number of likely N-dealkylation sites (tertiary alicyclic amines) is 1. The first-order valence-corrected chi connectivity index (χ1v) is 17.6. The zero-order valence-electron chi connectivity index (χ0n) is 27.6. The van der Waals surface area contributed by atoms with E-state index in [9.17, 15) is 32.4 Å². The molecule has 0 bridgehead atoms. The fourth-order valence-corrected chi connectivity index (χ4v) is 8.89. The standard InChI is InChI=1S/C31H53N5O7S/c1-17(2)22(21-10-9-15-44(21,42)43)34-29(41)35-25(31(6,7)8)28(40)36-14-13-19(30(3,4)5)23(36)27(39)33-20(16-18-11-12-18)24(37)26(32)38/h17-23,25H,9-16H2,1-8H3,(H2,32,38)(H,33,39)(H2,34,35,41)/t19?,20?,21?,22?,23?,25-/m1/s1. The van der Waals surface area contributed by atoms with Gasteiger partial charge in [-0.3, -0.25) is 19.2 Å². The summed E-state index contributed by atoms with van der Waals surface area (Å²) in [4.78, 5) is 67.4. The van der Waals surface area contributed by atoms with Crippen LogP contribution in [0.4, 0.5) is 4.79 Å². The van der Waals surface area contributed by atoms with E-state index in [0.717, 1.165) is 12.8 Å². The summed E-state index contributed by atoms with van der Waals surface area (Å²) in [6.45, 7) is 15.3. The molecule has 1 saturated carbocycles. The van der Waals surface area contributed by atoms with Crippen LogP contribution < -0.4 is 21.7 Å². The third-order valence-corrected chi connectivity index (χ3v) is 11.7. The number of nitrogens with one attached hydrogen (secondary N) is 3. The summed E-state index contributed by atoms with van der Waals surface area (Å²) in [7, 11) is -3.34. The number of amides is 5. The number of hydrogen-bond acceptors (Lipinski definition) is 7. The molecule has 0 aromatic rings. The molecule has 2 saturated heterocycles. The van der Waals surface area contributed by atoms with Crippen molar-refractivity contribution >= 4 is 39.4 Å². The van der Waals surface area contributed by atoms with Crippen LogP contribution in [0.1, 0.15) is 93.9 Å². The highest BCUT2D eigenvalue weighted by Crippen LogP contribution is 2.40. The lowest BCUT2D eigenvalue weighted by atomic mass is 9.75. The van der Waals surface area contributed by atoms with Gasteiger partial charge < -0.3 is 26.6 Å². The van der Waals surface area contributed by atoms with Gasteiger partial charge >= 0.3 is 6.03 Å². The molecule has 13 heteroatoms. The Labute approximate surface area is 262 Å². The smallest absolute Gasteiger partial charge is 0.315 e. The number of primary amides is 1. The summed E-state index contributed by atoms with van der Waals surface area (Å²) in [6, 6.07) is -4.32. The minimum atomic E-state index is -3.34. The van der Waals surface area contributed by atoms with Gasteiger partial charge in [0.2, 0.25) is 17.6 Å². The number of carbonyl (C=O) groups excluding carboxylic acids is 5. The van der Waals surface area contributed by atoms with Crippen molar-refractivity contribution in [3.05, 3.63) is 0 Å². The molecule has 1 aliphatic carbocycles. The van der Waals surface area contributed by atoms with Crippen molar-refractivity contribution in [2.45, 2.75) is 123 Å². The Hall–Kier alpha value is -2.70. The number of rotatable bonds is 11. The predicted octanol–water partition coefficient (Wildman–Crippen LogP) is 1.90. The molecule has 44 heavy (non-hydrogen) atoms. The van der Waals surface area contributed by atoms with E-state index in [2.05, 4.69) is 16.0 Å². The minimum absolute atomic E-state index is 0.0905. The maximum atomic E-state index is 14.3. The highest BCUT2D eigenvalue weighted by atomic mass is 32.2. The Kier molecular flexibility index (Phi) is 10.8. The summed E-state index contributed by atoms with van der Waals surface area (Å²) in [6.07, 6.45) is 3.66. The van der Waals surface area contributed by atoms with Gasteiger partial charge in [-0.1, -0.05) is 68.2 Å². The first-order chi connectivity index (χ1) is 20.1. The molecule has 2 aliphatic heterocycles.